The molecule has 0 N–H and O–H groups in total. The second kappa shape index (κ2) is 4.35. The van der Waals surface area contributed by atoms with Crippen LogP contribution in [0.1, 0.15) is 19.8 Å². The smallest absolute Gasteiger partial charge is 0.0159 e. The Morgan fingerprint density at radius 2 is 2.00 bits per heavy atom. The van der Waals surface area contributed by atoms with Crippen LogP contribution in [0.4, 0.5) is 0 Å². The summed E-state index contributed by atoms with van der Waals surface area (Å²) in [7, 11) is 0. The third-order valence-electron chi connectivity index (χ3n) is 2.28. The maximum atomic E-state index is 3.46. The first-order chi connectivity index (χ1) is 4.83. The Morgan fingerprint density at radius 1 is 1.40 bits per heavy atom. The van der Waals surface area contributed by atoms with Gasteiger partial charge in [-0.25, -0.2) is 0 Å². The molecule has 0 radical (unpaired) electrons. The molecule has 1 fully saturated rings. The van der Waals surface area contributed by atoms with E-state index >= 15 is 0 Å². The highest BCUT2D eigenvalue weighted by molar-refractivity contribution is 9.09. The Bertz CT molecular complexity index is 87.3. The minimum Gasteiger partial charge on any atom is -0.302 e. The fourth-order valence-electron chi connectivity index (χ4n) is 1.41. The summed E-state index contributed by atoms with van der Waals surface area (Å²) in [6, 6.07) is 0. The van der Waals surface area contributed by atoms with E-state index in [0.29, 0.717) is 0 Å². The van der Waals surface area contributed by atoms with E-state index in [4.69, 9.17) is 0 Å². The van der Waals surface area contributed by atoms with Crippen molar-refractivity contribution >= 4 is 15.9 Å². The molecule has 0 saturated carbocycles. The summed E-state index contributed by atoms with van der Waals surface area (Å²) in [5, 5.41) is 1.13. The third kappa shape index (κ3) is 2.59. The van der Waals surface area contributed by atoms with Gasteiger partial charge in [0, 0.05) is 11.9 Å². The van der Waals surface area contributed by atoms with Gasteiger partial charge in [-0.05, 0) is 31.8 Å². The molecule has 1 heterocycles. The summed E-state index contributed by atoms with van der Waals surface area (Å²) < 4.78 is 0. The van der Waals surface area contributed by atoms with Gasteiger partial charge in [0.2, 0.25) is 0 Å². The van der Waals surface area contributed by atoms with Crippen LogP contribution in [0, 0.1) is 5.92 Å². The predicted molar refractivity (Wildman–Crippen MR) is 48.6 cm³/mol. The third-order valence-corrected chi connectivity index (χ3v) is 2.63. The normalized spacial score (nSPS) is 23.4. The Labute approximate surface area is 71.9 Å². The van der Waals surface area contributed by atoms with E-state index in [1.807, 2.05) is 0 Å². The number of halogens is 1. The highest BCUT2D eigenvalue weighted by Gasteiger charge is 2.13. The van der Waals surface area contributed by atoms with Crippen LogP contribution in [0.3, 0.4) is 0 Å². The molecule has 0 aromatic rings. The molecule has 0 bridgehead atoms. The molecule has 0 aliphatic carbocycles. The SMILES string of the molecule is CC1CCN(CCBr)CC1. The summed E-state index contributed by atoms with van der Waals surface area (Å²) >= 11 is 3.46. The van der Waals surface area contributed by atoms with E-state index in [1.54, 1.807) is 0 Å². The highest BCUT2D eigenvalue weighted by atomic mass is 79.9. The summed E-state index contributed by atoms with van der Waals surface area (Å²) in [5.74, 6) is 0.964. The lowest BCUT2D eigenvalue weighted by Crippen LogP contribution is -2.34. The van der Waals surface area contributed by atoms with Crippen LogP contribution in [0.15, 0.2) is 0 Å². The maximum Gasteiger partial charge on any atom is 0.0159 e. The maximum absolute atomic E-state index is 3.46. The van der Waals surface area contributed by atoms with Crippen LogP contribution >= 0.6 is 15.9 Å². The zero-order valence-corrected chi connectivity index (χ0v) is 8.23. The fraction of sp³-hybridized carbons (Fsp3) is 1.00. The van der Waals surface area contributed by atoms with Crippen molar-refractivity contribution in [3.63, 3.8) is 0 Å². The minimum atomic E-state index is 0.964. The molecule has 0 atom stereocenters. The average molecular weight is 206 g/mol. The highest BCUT2D eigenvalue weighted by Crippen LogP contribution is 2.15. The van der Waals surface area contributed by atoms with Gasteiger partial charge in [0.05, 0.1) is 0 Å². The molecule has 0 amide bonds. The van der Waals surface area contributed by atoms with Crippen molar-refractivity contribution in [1.82, 2.24) is 4.90 Å². The summed E-state index contributed by atoms with van der Waals surface area (Å²) in [5.41, 5.74) is 0. The van der Waals surface area contributed by atoms with Gasteiger partial charge in [-0.3, -0.25) is 0 Å². The second-order valence-corrected chi connectivity index (χ2v) is 4.01. The van der Waals surface area contributed by atoms with Gasteiger partial charge in [-0.15, -0.1) is 0 Å². The number of nitrogens with zero attached hydrogens (tertiary/aromatic N) is 1. The Morgan fingerprint density at radius 3 is 2.50 bits per heavy atom. The molecule has 10 heavy (non-hydrogen) atoms. The number of rotatable bonds is 2. The number of hydrogen-bond donors (Lipinski definition) is 0. The minimum absolute atomic E-state index is 0.964. The van der Waals surface area contributed by atoms with Gasteiger partial charge in [0.1, 0.15) is 0 Å². The van der Waals surface area contributed by atoms with Crippen molar-refractivity contribution in [1.29, 1.82) is 0 Å². The van der Waals surface area contributed by atoms with Crippen LogP contribution in [0.25, 0.3) is 0 Å². The zero-order chi connectivity index (χ0) is 7.40. The van der Waals surface area contributed by atoms with Crippen LogP contribution < -0.4 is 0 Å². The lowest BCUT2D eigenvalue weighted by Gasteiger charge is -2.29. The average Bonchev–Trinajstić information content (AvgIpc) is 1.95. The first-order valence-corrected chi connectivity index (χ1v) is 5.23. The molecule has 1 nitrogen and oxygen atoms in total. The van der Waals surface area contributed by atoms with E-state index < -0.39 is 0 Å². The van der Waals surface area contributed by atoms with E-state index in [0.717, 1.165) is 11.2 Å². The van der Waals surface area contributed by atoms with Crippen LogP contribution in [-0.4, -0.2) is 29.9 Å². The van der Waals surface area contributed by atoms with Crippen LogP contribution in [0.2, 0.25) is 0 Å². The summed E-state index contributed by atoms with van der Waals surface area (Å²) in [6.45, 7) is 6.21. The summed E-state index contributed by atoms with van der Waals surface area (Å²) in [6.07, 6.45) is 2.79. The Kier molecular flexibility index (Phi) is 3.71. The molecule has 1 saturated heterocycles. The van der Waals surface area contributed by atoms with Crippen molar-refractivity contribution in [3.8, 4) is 0 Å². The van der Waals surface area contributed by atoms with Crippen molar-refractivity contribution in [2.75, 3.05) is 25.0 Å². The van der Waals surface area contributed by atoms with Crippen molar-refractivity contribution in [2.24, 2.45) is 5.92 Å². The fourth-order valence-corrected chi connectivity index (χ4v) is 1.91. The van der Waals surface area contributed by atoms with E-state index in [-0.39, 0.29) is 0 Å². The van der Waals surface area contributed by atoms with E-state index in [2.05, 4.69) is 27.8 Å². The number of piperidine rings is 1. The molecule has 0 aromatic carbocycles. The molecule has 0 aromatic heterocycles. The monoisotopic (exact) mass is 205 g/mol. The molecule has 2 heteroatoms. The molecular formula is C8H16BrN. The second-order valence-electron chi connectivity index (χ2n) is 3.21. The van der Waals surface area contributed by atoms with Crippen molar-refractivity contribution < 1.29 is 0 Å². The van der Waals surface area contributed by atoms with Crippen LogP contribution in [-0.2, 0) is 0 Å². The molecule has 1 aliphatic heterocycles. The quantitative estimate of drug-likeness (QED) is 0.625. The standard InChI is InChI=1S/C8H16BrN/c1-8-2-5-10(6-3-8)7-4-9/h8H,2-7H2,1H3. The van der Waals surface area contributed by atoms with Gasteiger partial charge in [0.25, 0.3) is 0 Å². The number of hydrogen-bond acceptors (Lipinski definition) is 1. The van der Waals surface area contributed by atoms with E-state index in [9.17, 15) is 0 Å². The van der Waals surface area contributed by atoms with Gasteiger partial charge < -0.3 is 4.90 Å². The zero-order valence-electron chi connectivity index (χ0n) is 6.65. The van der Waals surface area contributed by atoms with E-state index in [1.165, 1.54) is 32.5 Å². The lowest BCUT2D eigenvalue weighted by atomic mass is 9.99. The largest absolute Gasteiger partial charge is 0.302 e. The van der Waals surface area contributed by atoms with Gasteiger partial charge in [-0.1, -0.05) is 22.9 Å². The predicted octanol–water partition coefficient (Wildman–Crippen LogP) is 2.11. The molecule has 1 aliphatic rings. The molecule has 0 unspecified atom stereocenters. The number of likely N-dealkylation sites (tertiary alicyclic amines) is 1. The summed E-state index contributed by atoms with van der Waals surface area (Å²) in [4.78, 5) is 2.54. The number of alkyl halides is 1. The van der Waals surface area contributed by atoms with Crippen molar-refractivity contribution in [3.05, 3.63) is 0 Å². The van der Waals surface area contributed by atoms with Gasteiger partial charge in [0.15, 0.2) is 0 Å². The molecule has 0 spiro atoms. The molecular weight excluding hydrogens is 190 g/mol. The van der Waals surface area contributed by atoms with Crippen molar-refractivity contribution in [2.45, 2.75) is 19.8 Å². The first kappa shape index (κ1) is 8.54. The lowest BCUT2D eigenvalue weighted by molar-refractivity contribution is 0.203. The Hall–Kier alpha value is 0.440. The molecule has 60 valence electrons. The first-order valence-electron chi connectivity index (χ1n) is 4.11. The Balaban J connectivity index is 2.13. The molecule has 1 rings (SSSR count). The topological polar surface area (TPSA) is 3.24 Å². The van der Waals surface area contributed by atoms with Gasteiger partial charge >= 0.3 is 0 Å². The van der Waals surface area contributed by atoms with Gasteiger partial charge in [-0.2, -0.15) is 0 Å². The van der Waals surface area contributed by atoms with Crippen LogP contribution in [0.5, 0.6) is 0 Å².